The third-order valence-corrected chi connectivity index (χ3v) is 6.31. The molecule has 1 N–H and O–H groups in total. The van der Waals surface area contributed by atoms with Crippen LogP contribution in [0.3, 0.4) is 0 Å². The number of hydrogen-bond donors (Lipinski definition) is 1. The maximum atomic E-state index is 13.8. The zero-order valence-electron chi connectivity index (χ0n) is 19.1. The number of aliphatic hydroxyl groups is 1. The van der Waals surface area contributed by atoms with Gasteiger partial charge in [-0.25, -0.2) is 9.59 Å². The predicted octanol–water partition coefficient (Wildman–Crippen LogP) is 5.31. The number of rotatable bonds is 7. The summed E-state index contributed by atoms with van der Waals surface area (Å²) in [4.78, 5) is 23.8. The molecule has 2 rings (SSSR count). The molecule has 0 aromatic heterocycles. The monoisotopic (exact) mass is 586 g/mol. The molecule has 0 amide bonds. The number of ether oxygens (including phenoxy) is 3. The Hall–Kier alpha value is -1.98. The second-order valence-corrected chi connectivity index (χ2v) is 9.07. The predicted molar refractivity (Wildman–Crippen MR) is 98.0 cm³/mol. The van der Waals surface area contributed by atoms with Crippen molar-refractivity contribution < 1.29 is 81.6 Å². The van der Waals surface area contributed by atoms with Crippen molar-refractivity contribution in [2.24, 2.45) is 5.92 Å². The molecule has 2 atom stereocenters. The molecule has 0 bridgehead atoms. The molecule has 0 spiro atoms. The molecule has 0 radical (unpaired) electrons. The van der Waals surface area contributed by atoms with Crippen LogP contribution >= 0.6 is 0 Å². The molecule has 2 aliphatic rings. The molecule has 38 heavy (non-hydrogen) atoms. The summed E-state index contributed by atoms with van der Waals surface area (Å²) in [5, 5.41) is 8.96. The minimum atomic E-state index is -6.55. The van der Waals surface area contributed by atoms with Gasteiger partial charge in [0, 0.05) is 0 Å². The van der Waals surface area contributed by atoms with E-state index in [1.807, 2.05) is 0 Å². The first-order valence-corrected chi connectivity index (χ1v) is 11.1. The average molecular weight is 586 g/mol. The van der Waals surface area contributed by atoms with Crippen LogP contribution in [0.1, 0.15) is 51.4 Å². The molecular formula is C20H22F12O6. The van der Waals surface area contributed by atoms with E-state index in [4.69, 9.17) is 5.11 Å². The van der Waals surface area contributed by atoms with Crippen LogP contribution in [0.5, 0.6) is 0 Å². The molecular weight excluding hydrogens is 564 g/mol. The highest BCUT2D eigenvalue weighted by Gasteiger charge is 2.80. The van der Waals surface area contributed by atoms with Crippen molar-refractivity contribution in [3.05, 3.63) is 0 Å². The van der Waals surface area contributed by atoms with Gasteiger partial charge in [-0.3, -0.25) is 0 Å². The molecule has 0 aliphatic heterocycles. The fourth-order valence-corrected chi connectivity index (χ4v) is 4.22. The minimum absolute atomic E-state index is 0.0244. The van der Waals surface area contributed by atoms with Crippen LogP contribution in [0.15, 0.2) is 0 Å². The molecule has 0 aromatic carbocycles. The van der Waals surface area contributed by atoms with E-state index in [0.29, 0.717) is 19.3 Å². The van der Waals surface area contributed by atoms with Crippen molar-refractivity contribution in [1.82, 2.24) is 0 Å². The van der Waals surface area contributed by atoms with E-state index < -0.39 is 91.8 Å². The molecule has 6 nitrogen and oxygen atoms in total. The number of carbonyl (C=O) groups is 2. The third-order valence-electron chi connectivity index (χ3n) is 6.31. The Morgan fingerprint density at radius 2 is 1.16 bits per heavy atom. The Kier molecular flexibility index (Phi) is 9.23. The van der Waals surface area contributed by atoms with E-state index in [9.17, 15) is 62.3 Å². The van der Waals surface area contributed by atoms with Crippen molar-refractivity contribution in [2.45, 2.75) is 99.5 Å². The molecule has 2 saturated carbocycles. The second-order valence-electron chi connectivity index (χ2n) is 9.07. The van der Waals surface area contributed by atoms with Crippen LogP contribution in [0.25, 0.3) is 0 Å². The Morgan fingerprint density at radius 3 is 1.61 bits per heavy atom. The maximum Gasteiger partial charge on any atom is 0.437 e. The second kappa shape index (κ2) is 10.9. The molecule has 0 heterocycles. The van der Waals surface area contributed by atoms with Crippen molar-refractivity contribution in [1.29, 1.82) is 0 Å². The topological polar surface area (TPSA) is 82.1 Å². The van der Waals surface area contributed by atoms with Gasteiger partial charge < -0.3 is 19.3 Å². The highest BCUT2D eigenvalue weighted by molar-refractivity contribution is 5.82. The largest absolute Gasteiger partial charge is 0.463 e. The fraction of sp³-hybridized carbons (Fsp3) is 0.900. The van der Waals surface area contributed by atoms with Gasteiger partial charge in [-0.05, 0) is 50.9 Å². The first-order chi connectivity index (χ1) is 17.1. The van der Waals surface area contributed by atoms with Crippen molar-refractivity contribution in [2.75, 3.05) is 6.61 Å². The van der Waals surface area contributed by atoms with Crippen LogP contribution in [-0.2, 0) is 23.8 Å². The lowest BCUT2D eigenvalue weighted by molar-refractivity contribution is -0.378. The Labute approximate surface area is 206 Å². The maximum absolute atomic E-state index is 13.8. The van der Waals surface area contributed by atoms with Crippen LogP contribution in [-0.4, -0.2) is 71.8 Å². The summed E-state index contributed by atoms with van der Waals surface area (Å²) in [7, 11) is 0. The van der Waals surface area contributed by atoms with Gasteiger partial charge in [-0.2, -0.15) is 52.7 Å². The minimum Gasteiger partial charge on any atom is -0.463 e. The van der Waals surface area contributed by atoms with Gasteiger partial charge in [0.1, 0.15) is 6.10 Å². The van der Waals surface area contributed by atoms with Gasteiger partial charge in [0.15, 0.2) is 0 Å². The first kappa shape index (κ1) is 32.2. The number of alkyl halides is 12. The Balaban J connectivity index is 2.17. The van der Waals surface area contributed by atoms with Gasteiger partial charge >= 0.3 is 47.8 Å². The average Bonchev–Trinajstić information content (AvgIpc) is 3.19. The normalized spacial score (nSPS) is 22.9. The summed E-state index contributed by atoms with van der Waals surface area (Å²) >= 11 is 0. The molecule has 222 valence electrons. The summed E-state index contributed by atoms with van der Waals surface area (Å²) < 4.78 is 172. The zero-order chi connectivity index (χ0) is 29.4. The number of carbonyl (C=O) groups excluding carboxylic acids is 2. The molecule has 2 aliphatic carbocycles. The van der Waals surface area contributed by atoms with Crippen molar-refractivity contribution in [3.8, 4) is 0 Å². The fourth-order valence-electron chi connectivity index (χ4n) is 4.22. The number of esters is 2. The quantitative estimate of drug-likeness (QED) is 0.322. The lowest BCUT2D eigenvalue weighted by atomic mass is 9.96. The first-order valence-electron chi connectivity index (χ1n) is 11.1. The number of halogens is 12. The van der Waals surface area contributed by atoms with Gasteiger partial charge in [0.25, 0.3) is 0 Å². The molecule has 0 aromatic rings. The van der Waals surface area contributed by atoms with Crippen molar-refractivity contribution in [3.63, 3.8) is 0 Å². The molecule has 18 heteroatoms. The zero-order valence-corrected chi connectivity index (χ0v) is 19.1. The van der Waals surface area contributed by atoms with E-state index in [1.54, 1.807) is 0 Å². The van der Waals surface area contributed by atoms with Gasteiger partial charge in [0.2, 0.25) is 0 Å². The van der Waals surface area contributed by atoms with E-state index >= 15 is 0 Å². The van der Waals surface area contributed by atoms with Crippen LogP contribution in [0.2, 0.25) is 0 Å². The van der Waals surface area contributed by atoms with E-state index in [2.05, 4.69) is 14.2 Å². The summed E-state index contributed by atoms with van der Waals surface area (Å²) in [6.45, 7) is -1.33. The molecule has 0 saturated heterocycles. The van der Waals surface area contributed by atoms with Gasteiger partial charge in [-0.15, -0.1) is 0 Å². The van der Waals surface area contributed by atoms with E-state index in [-0.39, 0.29) is 12.8 Å². The van der Waals surface area contributed by atoms with E-state index in [1.165, 1.54) is 0 Å². The van der Waals surface area contributed by atoms with Crippen LogP contribution in [0, 0.1) is 5.92 Å². The number of hydrogen-bond acceptors (Lipinski definition) is 6. The van der Waals surface area contributed by atoms with Crippen LogP contribution in [0.4, 0.5) is 52.7 Å². The van der Waals surface area contributed by atoms with E-state index in [0.717, 1.165) is 0 Å². The summed E-state index contributed by atoms with van der Waals surface area (Å²) in [6, 6.07) is 0. The summed E-state index contributed by atoms with van der Waals surface area (Å²) in [5.74, 6) is -7.29. The Morgan fingerprint density at radius 1 is 0.658 bits per heavy atom. The van der Waals surface area contributed by atoms with Crippen molar-refractivity contribution >= 4 is 11.9 Å². The highest BCUT2D eigenvalue weighted by atomic mass is 19.4. The van der Waals surface area contributed by atoms with Gasteiger partial charge in [-0.1, -0.05) is 6.42 Å². The summed E-state index contributed by atoms with van der Waals surface area (Å²) in [6.07, 6.45) is -29.6. The van der Waals surface area contributed by atoms with Crippen LogP contribution < -0.4 is 0 Å². The standard InChI is InChI=1S/C20H22F12O6/c21-17(22,23)15(35,18(24,25)26)13(33)36-9-10-6-7-12(8-10)38-16(19(27,28)29,20(30,31)32)14(34)37-11-4-2-1-3-5-11/h10-12,35H,1-9H2. The lowest BCUT2D eigenvalue weighted by Gasteiger charge is -2.38. The highest BCUT2D eigenvalue weighted by Crippen LogP contribution is 2.50. The smallest absolute Gasteiger partial charge is 0.437 e. The third kappa shape index (κ3) is 6.25. The molecule has 2 unspecified atom stereocenters. The SMILES string of the molecule is O=C(OCC1CCC(OC(C(=O)OC2CCCCC2)(C(F)(F)F)C(F)(F)F)C1)C(O)(C(F)(F)F)C(F)(F)F. The lowest BCUT2D eigenvalue weighted by Crippen LogP contribution is -2.66. The summed E-state index contributed by atoms with van der Waals surface area (Å²) in [5.41, 5.74) is -11.3. The Bertz CT molecular complexity index is 813. The molecule has 2 fully saturated rings. The van der Waals surface area contributed by atoms with Gasteiger partial charge in [0.05, 0.1) is 12.7 Å².